The van der Waals surface area contributed by atoms with E-state index in [1.54, 1.807) is 9.80 Å². The Hall–Kier alpha value is -3.02. The van der Waals surface area contributed by atoms with Crippen molar-refractivity contribution in [2.45, 2.75) is 27.1 Å². The van der Waals surface area contributed by atoms with Crippen molar-refractivity contribution in [3.8, 4) is 0 Å². The number of carbonyl (C=O) groups is 2. The lowest BCUT2D eigenvalue weighted by molar-refractivity contribution is 0.0808. The van der Waals surface area contributed by atoms with E-state index in [9.17, 15) is 9.59 Å². The summed E-state index contributed by atoms with van der Waals surface area (Å²) < 4.78 is 10.7. The van der Waals surface area contributed by atoms with Crippen LogP contribution in [0.4, 0.5) is 9.59 Å². The van der Waals surface area contributed by atoms with Crippen molar-refractivity contribution in [3.05, 3.63) is 71.8 Å². The SMILES string of the molecule is CCN(CCN(CC)C(=O)OCc1ccccc1)C(=O)OCc1ccccc1. The maximum absolute atomic E-state index is 12.3. The fourth-order valence-electron chi connectivity index (χ4n) is 2.62. The smallest absolute Gasteiger partial charge is 0.410 e. The standard InChI is InChI=1S/C22H28N2O4/c1-3-23(21(25)27-17-19-11-7-5-8-12-19)15-16-24(4-2)22(26)28-18-20-13-9-6-10-14-20/h5-14H,3-4,15-18H2,1-2H3. The molecule has 0 aliphatic heterocycles. The highest BCUT2D eigenvalue weighted by Gasteiger charge is 2.18. The van der Waals surface area contributed by atoms with Crippen LogP contribution in [-0.4, -0.2) is 48.2 Å². The third-order valence-corrected chi connectivity index (χ3v) is 4.33. The highest BCUT2D eigenvalue weighted by Crippen LogP contribution is 2.06. The summed E-state index contributed by atoms with van der Waals surface area (Å²) in [6.45, 7) is 6.01. The van der Waals surface area contributed by atoms with Gasteiger partial charge in [-0.1, -0.05) is 60.7 Å². The van der Waals surface area contributed by atoms with Crippen LogP contribution in [0.5, 0.6) is 0 Å². The van der Waals surface area contributed by atoms with Crippen molar-refractivity contribution < 1.29 is 19.1 Å². The number of hydrogen-bond donors (Lipinski definition) is 0. The van der Waals surface area contributed by atoms with Gasteiger partial charge in [0.2, 0.25) is 0 Å². The van der Waals surface area contributed by atoms with Crippen molar-refractivity contribution in [1.82, 2.24) is 9.80 Å². The van der Waals surface area contributed by atoms with Crippen molar-refractivity contribution in [2.24, 2.45) is 0 Å². The summed E-state index contributed by atoms with van der Waals surface area (Å²) in [6, 6.07) is 19.1. The first-order valence-corrected chi connectivity index (χ1v) is 9.55. The first-order chi connectivity index (χ1) is 13.6. The Labute approximate surface area is 166 Å². The van der Waals surface area contributed by atoms with Gasteiger partial charge in [0.15, 0.2) is 0 Å². The van der Waals surface area contributed by atoms with Crippen LogP contribution >= 0.6 is 0 Å². The summed E-state index contributed by atoms with van der Waals surface area (Å²) in [5.41, 5.74) is 1.87. The fourth-order valence-corrected chi connectivity index (χ4v) is 2.62. The van der Waals surface area contributed by atoms with E-state index in [0.29, 0.717) is 26.2 Å². The number of likely N-dealkylation sites (N-methyl/N-ethyl adjacent to an activating group) is 2. The van der Waals surface area contributed by atoms with E-state index in [1.165, 1.54) is 0 Å². The zero-order chi connectivity index (χ0) is 20.2. The second kappa shape index (κ2) is 11.6. The van der Waals surface area contributed by atoms with E-state index >= 15 is 0 Å². The molecule has 2 aromatic rings. The Morgan fingerprint density at radius 3 is 1.36 bits per heavy atom. The predicted molar refractivity (Wildman–Crippen MR) is 108 cm³/mol. The largest absolute Gasteiger partial charge is 0.445 e. The molecule has 0 unspecified atom stereocenters. The van der Waals surface area contributed by atoms with E-state index in [4.69, 9.17) is 9.47 Å². The van der Waals surface area contributed by atoms with Gasteiger partial charge in [-0.05, 0) is 25.0 Å². The molecule has 0 saturated carbocycles. The molecule has 6 heteroatoms. The van der Waals surface area contributed by atoms with Gasteiger partial charge in [-0.25, -0.2) is 9.59 Å². The molecule has 0 atom stereocenters. The van der Waals surface area contributed by atoms with Gasteiger partial charge in [0.1, 0.15) is 13.2 Å². The first kappa shape index (κ1) is 21.3. The van der Waals surface area contributed by atoms with Crippen molar-refractivity contribution in [2.75, 3.05) is 26.2 Å². The molecule has 0 bridgehead atoms. The minimum absolute atomic E-state index is 0.229. The first-order valence-electron chi connectivity index (χ1n) is 9.55. The maximum Gasteiger partial charge on any atom is 0.410 e. The molecule has 0 spiro atoms. The lowest BCUT2D eigenvalue weighted by Gasteiger charge is -2.25. The Morgan fingerprint density at radius 1 is 0.679 bits per heavy atom. The fraction of sp³-hybridized carbons (Fsp3) is 0.364. The van der Waals surface area contributed by atoms with Crippen LogP contribution in [0, 0.1) is 0 Å². The highest BCUT2D eigenvalue weighted by molar-refractivity contribution is 5.69. The van der Waals surface area contributed by atoms with E-state index in [1.807, 2.05) is 74.5 Å². The number of nitrogens with zero attached hydrogens (tertiary/aromatic N) is 2. The number of carbonyl (C=O) groups excluding carboxylic acids is 2. The Kier molecular flexibility index (Phi) is 8.85. The second-order valence-electron chi connectivity index (χ2n) is 6.24. The number of hydrogen-bond acceptors (Lipinski definition) is 4. The molecule has 0 aliphatic carbocycles. The van der Waals surface area contributed by atoms with Crippen LogP contribution in [0.15, 0.2) is 60.7 Å². The molecule has 6 nitrogen and oxygen atoms in total. The van der Waals surface area contributed by atoms with Crippen LogP contribution in [0.1, 0.15) is 25.0 Å². The summed E-state index contributed by atoms with van der Waals surface area (Å²) in [5, 5.41) is 0. The summed E-state index contributed by atoms with van der Waals surface area (Å²) in [6.07, 6.45) is -0.778. The second-order valence-corrected chi connectivity index (χ2v) is 6.24. The Morgan fingerprint density at radius 2 is 1.04 bits per heavy atom. The average molecular weight is 384 g/mol. The predicted octanol–water partition coefficient (Wildman–Crippen LogP) is 4.30. The molecule has 0 aliphatic rings. The minimum Gasteiger partial charge on any atom is -0.445 e. The summed E-state index contributed by atoms with van der Waals surface area (Å²) in [7, 11) is 0. The van der Waals surface area contributed by atoms with Crippen LogP contribution in [0.25, 0.3) is 0 Å². The van der Waals surface area contributed by atoms with E-state index < -0.39 is 0 Å². The summed E-state index contributed by atoms with van der Waals surface area (Å²) in [4.78, 5) is 27.8. The van der Waals surface area contributed by atoms with E-state index in [0.717, 1.165) is 11.1 Å². The third-order valence-electron chi connectivity index (χ3n) is 4.33. The number of rotatable bonds is 9. The molecule has 2 amide bonds. The van der Waals surface area contributed by atoms with Crippen molar-refractivity contribution in [1.29, 1.82) is 0 Å². The van der Waals surface area contributed by atoms with Gasteiger partial charge in [0.05, 0.1) is 0 Å². The van der Waals surface area contributed by atoms with Crippen molar-refractivity contribution in [3.63, 3.8) is 0 Å². The molecule has 28 heavy (non-hydrogen) atoms. The van der Waals surface area contributed by atoms with Crippen LogP contribution in [0.2, 0.25) is 0 Å². The van der Waals surface area contributed by atoms with E-state index in [2.05, 4.69) is 0 Å². The molecule has 0 N–H and O–H groups in total. The van der Waals surface area contributed by atoms with Gasteiger partial charge < -0.3 is 19.3 Å². The molecule has 0 saturated heterocycles. The molecule has 2 aromatic carbocycles. The average Bonchev–Trinajstić information content (AvgIpc) is 2.75. The molecular formula is C22H28N2O4. The minimum atomic E-state index is -0.389. The number of ether oxygens (including phenoxy) is 2. The van der Waals surface area contributed by atoms with E-state index in [-0.39, 0.29) is 25.4 Å². The van der Waals surface area contributed by atoms with Gasteiger partial charge in [-0.15, -0.1) is 0 Å². The van der Waals surface area contributed by atoms with Gasteiger partial charge in [-0.2, -0.15) is 0 Å². The zero-order valence-electron chi connectivity index (χ0n) is 16.5. The topological polar surface area (TPSA) is 59.1 Å². The van der Waals surface area contributed by atoms with Crippen LogP contribution in [0.3, 0.4) is 0 Å². The Bertz CT molecular complexity index is 658. The third kappa shape index (κ3) is 6.95. The summed E-state index contributed by atoms with van der Waals surface area (Å²) >= 11 is 0. The molecule has 0 aromatic heterocycles. The zero-order valence-corrected chi connectivity index (χ0v) is 16.5. The number of benzene rings is 2. The van der Waals surface area contributed by atoms with Crippen molar-refractivity contribution >= 4 is 12.2 Å². The maximum atomic E-state index is 12.3. The lowest BCUT2D eigenvalue weighted by atomic mass is 10.2. The van der Waals surface area contributed by atoms with Crippen LogP contribution in [-0.2, 0) is 22.7 Å². The monoisotopic (exact) mass is 384 g/mol. The lowest BCUT2D eigenvalue weighted by Crippen LogP contribution is -2.41. The molecule has 0 radical (unpaired) electrons. The molecule has 2 rings (SSSR count). The molecule has 150 valence electrons. The Balaban J connectivity index is 1.78. The van der Waals surface area contributed by atoms with Crippen LogP contribution < -0.4 is 0 Å². The molecular weight excluding hydrogens is 356 g/mol. The number of amides is 2. The quantitative estimate of drug-likeness (QED) is 0.647. The molecule has 0 heterocycles. The van der Waals surface area contributed by atoms with Gasteiger partial charge >= 0.3 is 12.2 Å². The van der Waals surface area contributed by atoms with Gasteiger partial charge in [0, 0.05) is 26.2 Å². The highest BCUT2D eigenvalue weighted by atomic mass is 16.6. The molecule has 0 fully saturated rings. The normalized spacial score (nSPS) is 10.2. The van der Waals surface area contributed by atoms with Gasteiger partial charge in [-0.3, -0.25) is 0 Å². The summed E-state index contributed by atoms with van der Waals surface area (Å²) in [5.74, 6) is 0. The van der Waals surface area contributed by atoms with Gasteiger partial charge in [0.25, 0.3) is 0 Å².